The summed E-state index contributed by atoms with van der Waals surface area (Å²) in [7, 11) is 1.59. The molecule has 0 saturated heterocycles. The lowest BCUT2D eigenvalue weighted by Gasteiger charge is -2.25. The van der Waals surface area contributed by atoms with Crippen LogP contribution in [0.25, 0.3) is 0 Å². The average Bonchev–Trinajstić information content (AvgIpc) is 2.51. The molecule has 0 aliphatic carbocycles. The number of nitrogens with zero attached hydrogens (tertiary/aromatic N) is 1. The van der Waals surface area contributed by atoms with Gasteiger partial charge in [0.2, 0.25) is 12.3 Å². The predicted molar refractivity (Wildman–Crippen MR) is 81.2 cm³/mol. The predicted octanol–water partition coefficient (Wildman–Crippen LogP) is 0.595. The fourth-order valence-corrected chi connectivity index (χ4v) is 1.96. The lowest BCUT2D eigenvalue weighted by Crippen LogP contribution is -2.36. The van der Waals surface area contributed by atoms with Crippen molar-refractivity contribution >= 4 is 30.2 Å². The normalized spacial score (nSPS) is 11.4. The molecule has 7 nitrogen and oxygen atoms in total. The molecule has 1 aromatic rings. The van der Waals surface area contributed by atoms with E-state index in [2.05, 4.69) is 0 Å². The van der Waals surface area contributed by atoms with E-state index < -0.39 is 5.91 Å². The lowest BCUT2D eigenvalue weighted by atomic mass is 10.0. The first-order valence-corrected chi connectivity index (χ1v) is 6.76. The molecule has 3 N–H and O–H groups in total. The molecule has 0 aliphatic heterocycles. The Morgan fingerprint density at radius 2 is 2.05 bits per heavy atom. The summed E-state index contributed by atoms with van der Waals surface area (Å²) in [4.78, 5) is 46.4. The van der Waals surface area contributed by atoms with Crippen LogP contribution in [-0.2, 0) is 9.59 Å². The van der Waals surface area contributed by atoms with Crippen molar-refractivity contribution in [2.45, 2.75) is 25.8 Å². The third-order valence-electron chi connectivity index (χ3n) is 3.48. The summed E-state index contributed by atoms with van der Waals surface area (Å²) < 4.78 is 0. The van der Waals surface area contributed by atoms with E-state index in [0.717, 1.165) is 0 Å². The number of amides is 3. The van der Waals surface area contributed by atoms with Crippen molar-refractivity contribution in [3.63, 3.8) is 0 Å². The van der Waals surface area contributed by atoms with Crippen molar-refractivity contribution in [2.24, 2.45) is 0 Å². The molecule has 0 heterocycles. The molecule has 118 valence electrons. The molecule has 22 heavy (non-hydrogen) atoms. The van der Waals surface area contributed by atoms with Gasteiger partial charge in [0.1, 0.15) is 0 Å². The van der Waals surface area contributed by atoms with Crippen molar-refractivity contribution < 1.29 is 19.2 Å². The number of nitrogen functional groups attached to an aromatic ring is 1. The first kappa shape index (κ1) is 17.4. The van der Waals surface area contributed by atoms with Crippen LogP contribution < -0.4 is 11.1 Å². The second kappa shape index (κ2) is 7.92. The van der Waals surface area contributed by atoms with E-state index in [-0.39, 0.29) is 35.2 Å². The number of hydrogen-bond donors (Lipinski definition) is 2. The Morgan fingerprint density at radius 1 is 1.36 bits per heavy atom. The summed E-state index contributed by atoms with van der Waals surface area (Å²) in [6.45, 7) is 1.78. The maximum atomic E-state index is 12.4. The summed E-state index contributed by atoms with van der Waals surface area (Å²) in [5.41, 5.74) is 6.31. The van der Waals surface area contributed by atoms with Crippen LogP contribution in [-0.4, -0.2) is 42.5 Å². The summed E-state index contributed by atoms with van der Waals surface area (Å²) in [5, 5.41) is 2.04. The summed E-state index contributed by atoms with van der Waals surface area (Å²) in [6, 6.07) is 4.44. The van der Waals surface area contributed by atoms with Gasteiger partial charge in [0.05, 0.1) is 5.56 Å². The number of hydrogen-bond acceptors (Lipinski definition) is 5. The highest BCUT2D eigenvalue weighted by atomic mass is 16.2. The first-order chi connectivity index (χ1) is 10.4. The van der Waals surface area contributed by atoms with Crippen LogP contribution in [0, 0.1) is 0 Å². The first-order valence-electron chi connectivity index (χ1n) is 6.76. The number of imide groups is 1. The Labute approximate surface area is 128 Å². The number of rotatable bonds is 7. The van der Waals surface area contributed by atoms with E-state index in [4.69, 9.17) is 5.73 Å². The molecular weight excluding hydrogens is 286 g/mol. The lowest BCUT2D eigenvalue weighted by molar-refractivity contribution is -0.125. The molecule has 0 radical (unpaired) electrons. The minimum atomic E-state index is -0.403. The molecule has 3 amide bonds. The highest BCUT2D eigenvalue weighted by Crippen LogP contribution is 2.18. The molecule has 7 heteroatoms. The maximum Gasteiger partial charge on any atom is 0.254 e. The molecule has 0 bridgehead atoms. The SMILES string of the molecule is CC(CCC(=O)NC=O)N(C)C(=O)c1cccc(N)c1C=O. The van der Waals surface area contributed by atoms with Gasteiger partial charge >= 0.3 is 0 Å². The molecule has 0 spiro atoms. The highest BCUT2D eigenvalue weighted by Gasteiger charge is 2.21. The van der Waals surface area contributed by atoms with E-state index in [1.165, 1.54) is 11.0 Å². The Hall–Kier alpha value is -2.70. The summed E-state index contributed by atoms with van der Waals surface area (Å²) in [5.74, 6) is -0.752. The van der Waals surface area contributed by atoms with Gasteiger partial charge < -0.3 is 10.6 Å². The second-order valence-corrected chi connectivity index (χ2v) is 4.92. The van der Waals surface area contributed by atoms with Gasteiger partial charge in [-0.1, -0.05) is 6.07 Å². The number of carbonyl (C=O) groups excluding carboxylic acids is 4. The number of anilines is 1. The zero-order valence-electron chi connectivity index (χ0n) is 12.5. The summed E-state index contributed by atoms with van der Waals surface area (Å²) >= 11 is 0. The van der Waals surface area contributed by atoms with Crippen LogP contribution in [0.2, 0.25) is 0 Å². The van der Waals surface area contributed by atoms with E-state index in [9.17, 15) is 19.2 Å². The standard InChI is InChI=1S/C15H19N3O4/c1-10(6-7-14(21)17-9-20)18(2)15(22)11-4-3-5-13(16)12(11)8-19/h3-5,8-10H,6-7,16H2,1-2H3,(H,17,20,21). The molecule has 1 unspecified atom stereocenters. The quantitative estimate of drug-likeness (QED) is 0.566. The van der Waals surface area contributed by atoms with Crippen LogP contribution in [0.3, 0.4) is 0 Å². The van der Waals surface area contributed by atoms with Crippen LogP contribution in [0.5, 0.6) is 0 Å². The van der Waals surface area contributed by atoms with Gasteiger partial charge in [-0.05, 0) is 25.5 Å². The van der Waals surface area contributed by atoms with E-state index in [0.29, 0.717) is 19.1 Å². The molecule has 0 fully saturated rings. The molecule has 1 rings (SSSR count). The van der Waals surface area contributed by atoms with Crippen LogP contribution in [0.1, 0.15) is 40.5 Å². The Morgan fingerprint density at radius 3 is 2.64 bits per heavy atom. The smallest absolute Gasteiger partial charge is 0.254 e. The van der Waals surface area contributed by atoms with Gasteiger partial charge in [-0.2, -0.15) is 0 Å². The summed E-state index contributed by atoms with van der Waals surface area (Å²) in [6.07, 6.45) is 1.39. The van der Waals surface area contributed by atoms with Crippen molar-refractivity contribution in [1.82, 2.24) is 10.2 Å². The third kappa shape index (κ3) is 4.15. The van der Waals surface area contributed by atoms with E-state index in [1.54, 1.807) is 26.1 Å². The van der Waals surface area contributed by atoms with Gasteiger partial charge in [-0.3, -0.25) is 24.5 Å². The Balaban J connectivity index is 2.80. The third-order valence-corrected chi connectivity index (χ3v) is 3.48. The monoisotopic (exact) mass is 305 g/mol. The number of benzene rings is 1. The minimum absolute atomic E-state index is 0.120. The fraction of sp³-hybridized carbons (Fsp3) is 0.333. The number of carbonyl (C=O) groups is 4. The molecule has 0 aliphatic rings. The van der Waals surface area contributed by atoms with Gasteiger partial charge in [0, 0.05) is 30.8 Å². The zero-order valence-corrected chi connectivity index (χ0v) is 12.5. The van der Waals surface area contributed by atoms with Crippen LogP contribution >= 0.6 is 0 Å². The van der Waals surface area contributed by atoms with Crippen molar-refractivity contribution in [3.05, 3.63) is 29.3 Å². The second-order valence-electron chi connectivity index (χ2n) is 4.92. The van der Waals surface area contributed by atoms with Crippen molar-refractivity contribution in [1.29, 1.82) is 0 Å². The highest BCUT2D eigenvalue weighted by molar-refractivity contribution is 6.04. The van der Waals surface area contributed by atoms with Gasteiger partial charge in [0.15, 0.2) is 6.29 Å². The molecular formula is C15H19N3O4. The minimum Gasteiger partial charge on any atom is -0.398 e. The number of aldehydes is 1. The zero-order chi connectivity index (χ0) is 16.7. The number of nitrogens with one attached hydrogen (secondary N) is 1. The van der Waals surface area contributed by atoms with Gasteiger partial charge in [-0.15, -0.1) is 0 Å². The van der Waals surface area contributed by atoms with E-state index >= 15 is 0 Å². The van der Waals surface area contributed by atoms with Gasteiger partial charge in [0.25, 0.3) is 5.91 Å². The maximum absolute atomic E-state index is 12.4. The Kier molecular flexibility index (Phi) is 6.25. The fourth-order valence-electron chi connectivity index (χ4n) is 1.96. The van der Waals surface area contributed by atoms with Crippen molar-refractivity contribution in [2.75, 3.05) is 12.8 Å². The molecule has 1 aromatic carbocycles. The molecule has 0 saturated carbocycles. The average molecular weight is 305 g/mol. The van der Waals surface area contributed by atoms with Crippen LogP contribution in [0.4, 0.5) is 5.69 Å². The molecule has 0 aromatic heterocycles. The molecule has 1 atom stereocenters. The van der Waals surface area contributed by atoms with Crippen molar-refractivity contribution in [3.8, 4) is 0 Å². The van der Waals surface area contributed by atoms with Gasteiger partial charge in [-0.25, -0.2) is 0 Å². The topological polar surface area (TPSA) is 110 Å². The van der Waals surface area contributed by atoms with Crippen LogP contribution in [0.15, 0.2) is 18.2 Å². The van der Waals surface area contributed by atoms with E-state index in [1.807, 2.05) is 5.32 Å². The Bertz CT molecular complexity index is 586. The number of nitrogens with two attached hydrogens (primary N) is 1. The largest absolute Gasteiger partial charge is 0.398 e.